The average Bonchev–Trinajstić information content (AvgIpc) is 2.83. The van der Waals surface area contributed by atoms with Crippen LogP contribution in [0.15, 0.2) is 59.1 Å². The molecule has 0 unspecified atom stereocenters. The number of ether oxygens (including phenoxy) is 1. The highest BCUT2D eigenvalue weighted by atomic mass is 16.6. The van der Waals surface area contributed by atoms with Crippen LogP contribution in [0.5, 0.6) is 5.75 Å². The van der Waals surface area contributed by atoms with E-state index in [0.717, 1.165) is 5.39 Å². The molecule has 0 aliphatic heterocycles. The number of rotatable bonds is 2. The van der Waals surface area contributed by atoms with Crippen molar-refractivity contribution in [3.05, 3.63) is 54.6 Å². The predicted octanol–water partition coefficient (Wildman–Crippen LogP) is 3.44. The minimum Gasteiger partial charge on any atom is -0.410 e. The highest BCUT2D eigenvalue weighted by Gasteiger charge is 2.11. The molecule has 1 heterocycles. The Balaban J connectivity index is 1.76. The van der Waals surface area contributed by atoms with Crippen LogP contribution in [0.3, 0.4) is 0 Å². The molecule has 94 valence electrons. The quantitative estimate of drug-likeness (QED) is 0.760. The summed E-state index contributed by atoms with van der Waals surface area (Å²) in [5, 5.41) is 7.07. The van der Waals surface area contributed by atoms with Gasteiger partial charge < -0.3 is 9.26 Å². The molecule has 1 amide bonds. The van der Waals surface area contributed by atoms with Crippen molar-refractivity contribution in [1.82, 2.24) is 5.16 Å². The zero-order chi connectivity index (χ0) is 13.1. The minimum absolute atomic E-state index is 0.344. The van der Waals surface area contributed by atoms with Gasteiger partial charge in [0.15, 0.2) is 11.4 Å². The molecular weight excluding hydrogens is 244 g/mol. The van der Waals surface area contributed by atoms with Crippen LogP contribution >= 0.6 is 0 Å². The van der Waals surface area contributed by atoms with Gasteiger partial charge >= 0.3 is 6.09 Å². The predicted molar refractivity (Wildman–Crippen MR) is 70.1 cm³/mol. The number of hydrogen-bond donors (Lipinski definition) is 1. The van der Waals surface area contributed by atoms with Crippen molar-refractivity contribution in [1.29, 1.82) is 0 Å². The molecular formula is C14H10N2O3. The number of carbonyl (C=O) groups is 1. The topological polar surface area (TPSA) is 64.4 Å². The number of nitrogens with zero attached hydrogens (tertiary/aromatic N) is 1. The Labute approximate surface area is 108 Å². The van der Waals surface area contributed by atoms with Gasteiger partial charge in [0, 0.05) is 0 Å². The van der Waals surface area contributed by atoms with Gasteiger partial charge in [-0.2, -0.15) is 0 Å². The summed E-state index contributed by atoms with van der Waals surface area (Å²) in [4.78, 5) is 11.7. The number of fused-ring (bicyclic) bond motifs is 1. The van der Waals surface area contributed by atoms with Gasteiger partial charge in [-0.25, -0.2) is 4.79 Å². The van der Waals surface area contributed by atoms with Crippen molar-refractivity contribution in [3.63, 3.8) is 0 Å². The first kappa shape index (κ1) is 11.3. The van der Waals surface area contributed by atoms with E-state index in [9.17, 15) is 4.79 Å². The zero-order valence-electron chi connectivity index (χ0n) is 9.87. The van der Waals surface area contributed by atoms with E-state index in [-0.39, 0.29) is 0 Å². The van der Waals surface area contributed by atoms with E-state index in [0.29, 0.717) is 17.2 Å². The van der Waals surface area contributed by atoms with E-state index in [1.54, 1.807) is 30.3 Å². The molecule has 0 atom stereocenters. The fraction of sp³-hybridized carbons (Fsp3) is 0. The molecule has 0 aliphatic carbocycles. The van der Waals surface area contributed by atoms with E-state index in [1.807, 2.05) is 24.3 Å². The lowest BCUT2D eigenvalue weighted by Gasteiger charge is -2.03. The van der Waals surface area contributed by atoms with Crippen molar-refractivity contribution in [2.45, 2.75) is 0 Å². The SMILES string of the molecule is O=C(Nc1noc2ccccc12)Oc1ccccc1. The molecule has 0 radical (unpaired) electrons. The molecule has 0 bridgehead atoms. The number of hydrogen-bond acceptors (Lipinski definition) is 4. The second-order valence-electron chi connectivity index (χ2n) is 3.85. The van der Waals surface area contributed by atoms with Crippen LogP contribution in [-0.2, 0) is 0 Å². The van der Waals surface area contributed by atoms with Crippen LogP contribution in [-0.4, -0.2) is 11.2 Å². The van der Waals surface area contributed by atoms with Crippen LogP contribution in [0.4, 0.5) is 10.6 Å². The summed E-state index contributed by atoms with van der Waals surface area (Å²) in [6.07, 6.45) is -0.606. The van der Waals surface area contributed by atoms with Gasteiger partial charge in [-0.1, -0.05) is 35.5 Å². The Morgan fingerprint density at radius 3 is 2.63 bits per heavy atom. The monoisotopic (exact) mass is 254 g/mol. The van der Waals surface area contributed by atoms with Crippen LogP contribution in [0.1, 0.15) is 0 Å². The summed E-state index contributed by atoms with van der Waals surface area (Å²) >= 11 is 0. The molecule has 5 heteroatoms. The lowest BCUT2D eigenvalue weighted by Crippen LogP contribution is -2.16. The highest BCUT2D eigenvalue weighted by Crippen LogP contribution is 2.22. The molecule has 0 aliphatic rings. The molecule has 0 saturated carbocycles. The second kappa shape index (κ2) is 4.81. The van der Waals surface area contributed by atoms with Crippen molar-refractivity contribution >= 4 is 22.9 Å². The van der Waals surface area contributed by atoms with Gasteiger partial charge in [0.1, 0.15) is 5.75 Å². The Morgan fingerprint density at radius 1 is 1.05 bits per heavy atom. The maximum atomic E-state index is 11.7. The molecule has 1 aromatic heterocycles. The minimum atomic E-state index is -0.606. The smallest absolute Gasteiger partial charge is 0.410 e. The Bertz CT molecular complexity index is 707. The third-order valence-corrected chi connectivity index (χ3v) is 2.55. The van der Waals surface area contributed by atoms with Gasteiger partial charge in [0.05, 0.1) is 5.39 Å². The Morgan fingerprint density at radius 2 is 1.79 bits per heavy atom. The van der Waals surface area contributed by atoms with Crippen molar-refractivity contribution < 1.29 is 14.1 Å². The lowest BCUT2D eigenvalue weighted by atomic mass is 10.2. The molecule has 19 heavy (non-hydrogen) atoms. The molecule has 5 nitrogen and oxygen atoms in total. The van der Waals surface area contributed by atoms with E-state index < -0.39 is 6.09 Å². The number of carbonyl (C=O) groups excluding carboxylic acids is 1. The summed E-state index contributed by atoms with van der Waals surface area (Å²) in [6.45, 7) is 0. The van der Waals surface area contributed by atoms with Gasteiger partial charge in [0.25, 0.3) is 0 Å². The number of nitrogens with one attached hydrogen (secondary N) is 1. The van der Waals surface area contributed by atoms with Gasteiger partial charge in [-0.05, 0) is 24.3 Å². The Hall–Kier alpha value is -2.82. The maximum Gasteiger partial charge on any atom is 0.418 e. The van der Waals surface area contributed by atoms with Crippen molar-refractivity contribution in [3.8, 4) is 5.75 Å². The lowest BCUT2D eigenvalue weighted by molar-refractivity contribution is 0.215. The fourth-order valence-corrected chi connectivity index (χ4v) is 1.69. The van der Waals surface area contributed by atoms with Crippen molar-refractivity contribution in [2.75, 3.05) is 5.32 Å². The number of para-hydroxylation sites is 2. The first-order chi connectivity index (χ1) is 9.33. The Kier molecular flexibility index (Phi) is 2.86. The van der Waals surface area contributed by atoms with E-state index in [1.165, 1.54) is 0 Å². The molecule has 1 N–H and O–H groups in total. The number of amides is 1. The van der Waals surface area contributed by atoms with Crippen LogP contribution in [0, 0.1) is 0 Å². The normalized spacial score (nSPS) is 10.3. The van der Waals surface area contributed by atoms with Crippen LogP contribution < -0.4 is 10.1 Å². The molecule has 0 fully saturated rings. The van der Waals surface area contributed by atoms with E-state index >= 15 is 0 Å². The van der Waals surface area contributed by atoms with E-state index in [2.05, 4.69) is 10.5 Å². The van der Waals surface area contributed by atoms with E-state index in [4.69, 9.17) is 9.26 Å². The number of anilines is 1. The first-order valence-electron chi connectivity index (χ1n) is 5.71. The van der Waals surface area contributed by atoms with Crippen LogP contribution in [0.25, 0.3) is 11.0 Å². The summed E-state index contributed by atoms with van der Waals surface area (Å²) in [7, 11) is 0. The standard InChI is InChI=1S/C14H10N2O3/c17-14(18-10-6-2-1-3-7-10)15-13-11-8-4-5-9-12(11)19-16-13/h1-9H,(H,15,16,17). The summed E-state index contributed by atoms with van der Waals surface area (Å²) in [5.41, 5.74) is 0.609. The third kappa shape index (κ3) is 2.40. The fourth-order valence-electron chi connectivity index (χ4n) is 1.69. The summed E-state index contributed by atoms with van der Waals surface area (Å²) < 4.78 is 10.2. The first-order valence-corrected chi connectivity index (χ1v) is 5.71. The average molecular weight is 254 g/mol. The number of aromatic nitrogens is 1. The molecule has 3 aromatic rings. The molecule has 0 saturated heterocycles. The second-order valence-corrected chi connectivity index (χ2v) is 3.85. The molecule has 2 aromatic carbocycles. The van der Waals surface area contributed by atoms with Gasteiger partial charge in [-0.15, -0.1) is 0 Å². The molecule has 0 spiro atoms. The van der Waals surface area contributed by atoms with Crippen LogP contribution in [0.2, 0.25) is 0 Å². The number of benzene rings is 2. The van der Waals surface area contributed by atoms with Crippen molar-refractivity contribution in [2.24, 2.45) is 0 Å². The maximum absolute atomic E-state index is 11.7. The zero-order valence-corrected chi connectivity index (χ0v) is 9.87. The largest absolute Gasteiger partial charge is 0.418 e. The molecule has 3 rings (SSSR count). The summed E-state index contributed by atoms with van der Waals surface area (Å²) in [5.74, 6) is 0.810. The highest BCUT2D eigenvalue weighted by molar-refractivity contribution is 5.96. The summed E-state index contributed by atoms with van der Waals surface area (Å²) in [6, 6.07) is 16.1. The van der Waals surface area contributed by atoms with Gasteiger partial charge in [0.2, 0.25) is 0 Å². The van der Waals surface area contributed by atoms with Gasteiger partial charge in [-0.3, -0.25) is 5.32 Å². The third-order valence-electron chi connectivity index (χ3n) is 2.55.